The molecule has 0 aromatic heterocycles. The van der Waals surface area contributed by atoms with Crippen molar-refractivity contribution in [2.45, 2.75) is 38.2 Å². The first-order valence-corrected chi connectivity index (χ1v) is 6.70. The molecule has 2 aliphatic rings. The minimum Gasteiger partial charge on any atom is -0.393 e. The van der Waals surface area contributed by atoms with Crippen LogP contribution in [0.4, 0.5) is 0 Å². The van der Waals surface area contributed by atoms with Crippen LogP contribution in [-0.2, 0) is 4.74 Å². The van der Waals surface area contributed by atoms with Crippen molar-refractivity contribution in [2.24, 2.45) is 11.8 Å². The molecule has 0 amide bonds. The number of nitrogens with zero attached hydrogens (tertiary/aromatic N) is 1. The first-order valence-electron chi connectivity index (χ1n) is 6.70. The Labute approximate surface area is 98.8 Å². The van der Waals surface area contributed by atoms with Crippen molar-refractivity contribution in [1.82, 2.24) is 4.90 Å². The van der Waals surface area contributed by atoms with Crippen molar-refractivity contribution >= 4 is 0 Å². The predicted octanol–water partition coefficient (Wildman–Crippen LogP) is 1.51. The molecular weight excluding hydrogens is 202 g/mol. The third kappa shape index (κ3) is 3.44. The molecule has 0 aromatic carbocycles. The summed E-state index contributed by atoms with van der Waals surface area (Å²) in [5.41, 5.74) is 0. The second-order valence-electron chi connectivity index (χ2n) is 5.54. The fourth-order valence-corrected chi connectivity index (χ4v) is 3.07. The smallest absolute Gasteiger partial charge is 0.0580 e. The monoisotopic (exact) mass is 227 g/mol. The third-order valence-corrected chi connectivity index (χ3v) is 4.08. The van der Waals surface area contributed by atoms with Crippen molar-refractivity contribution in [1.29, 1.82) is 0 Å². The summed E-state index contributed by atoms with van der Waals surface area (Å²) in [5.74, 6) is 1.32. The molecule has 1 N–H and O–H groups in total. The van der Waals surface area contributed by atoms with Gasteiger partial charge < -0.3 is 14.7 Å². The predicted molar refractivity (Wildman–Crippen MR) is 64.4 cm³/mol. The van der Waals surface area contributed by atoms with Gasteiger partial charge in [-0.3, -0.25) is 0 Å². The van der Waals surface area contributed by atoms with Crippen molar-refractivity contribution in [2.75, 3.05) is 33.4 Å². The molecule has 0 bridgehead atoms. The Kier molecular flexibility index (Phi) is 4.62. The topological polar surface area (TPSA) is 32.7 Å². The molecule has 1 saturated carbocycles. The molecule has 2 atom stereocenters. The maximum Gasteiger partial charge on any atom is 0.0580 e. The zero-order valence-electron chi connectivity index (χ0n) is 10.4. The van der Waals surface area contributed by atoms with Gasteiger partial charge >= 0.3 is 0 Å². The van der Waals surface area contributed by atoms with Crippen LogP contribution in [0, 0.1) is 11.8 Å². The van der Waals surface area contributed by atoms with Crippen molar-refractivity contribution in [3.05, 3.63) is 0 Å². The summed E-state index contributed by atoms with van der Waals surface area (Å²) in [4.78, 5) is 2.41. The molecule has 0 aromatic rings. The first-order chi connectivity index (χ1) is 7.75. The number of ether oxygens (including phenoxy) is 1. The molecule has 0 radical (unpaired) electrons. The lowest BCUT2D eigenvalue weighted by Gasteiger charge is -2.29. The minimum atomic E-state index is -0.0443. The zero-order chi connectivity index (χ0) is 11.4. The Morgan fingerprint density at radius 2 is 1.88 bits per heavy atom. The summed E-state index contributed by atoms with van der Waals surface area (Å²) in [6.45, 7) is 4.11. The van der Waals surface area contributed by atoms with Crippen LogP contribution in [0.15, 0.2) is 0 Å². The second-order valence-corrected chi connectivity index (χ2v) is 5.54. The van der Waals surface area contributed by atoms with Crippen LogP contribution in [0.3, 0.4) is 0 Å². The van der Waals surface area contributed by atoms with E-state index in [4.69, 9.17) is 4.74 Å². The summed E-state index contributed by atoms with van der Waals surface area (Å²) >= 11 is 0. The lowest BCUT2D eigenvalue weighted by Crippen LogP contribution is -2.35. The fraction of sp³-hybridized carbons (Fsp3) is 1.00. The Bertz CT molecular complexity index is 204. The van der Waals surface area contributed by atoms with Crippen LogP contribution in [-0.4, -0.2) is 49.5 Å². The van der Waals surface area contributed by atoms with E-state index in [1.54, 1.807) is 0 Å². The third-order valence-electron chi connectivity index (χ3n) is 4.08. The summed E-state index contributed by atoms with van der Waals surface area (Å²) in [6, 6.07) is 0. The largest absolute Gasteiger partial charge is 0.393 e. The number of hydrogen-bond donors (Lipinski definition) is 1. The van der Waals surface area contributed by atoms with Gasteiger partial charge in [0.05, 0.1) is 6.10 Å². The average molecular weight is 227 g/mol. The van der Waals surface area contributed by atoms with Gasteiger partial charge in [-0.15, -0.1) is 0 Å². The number of aliphatic hydroxyl groups excluding tert-OH is 1. The van der Waals surface area contributed by atoms with Gasteiger partial charge in [-0.05, 0) is 44.6 Å². The van der Waals surface area contributed by atoms with Crippen LogP contribution in [0.25, 0.3) is 0 Å². The lowest BCUT2D eigenvalue weighted by atomic mass is 9.98. The van der Waals surface area contributed by atoms with Gasteiger partial charge in [0, 0.05) is 26.3 Å². The number of aliphatic hydroxyl groups is 1. The molecule has 2 fully saturated rings. The highest BCUT2D eigenvalue weighted by molar-refractivity contribution is 4.79. The van der Waals surface area contributed by atoms with E-state index in [1.165, 1.54) is 32.2 Å². The molecule has 16 heavy (non-hydrogen) atoms. The van der Waals surface area contributed by atoms with E-state index in [-0.39, 0.29) is 6.10 Å². The van der Waals surface area contributed by atoms with E-state index in [1.807, 2.05) is 0 Å². The molecule has 1 aliphatic heterocycles. The number of hydrogen-bond acceptors (Lipinski definition) is 3. The lowest BCUT2D eigenvalue weighted by molar-refractivity contribution is 0.0488. The Morgan fingerprint density at radius 3 is 2.50 bits per heavy atom. The molecule has 3 nitrogen and oxygen atoms in total. The van der Waals surface area contributed by atoms with Gasteiger partial charge in [0.25, 0.3) is 0 Å². The zero-order valence-corrected chi connectivity index (χ0v) is 10.4. The molecule has 1 heterocycles. The van der Waals surface area contributed by atoms with Gasteiger partial charge in [0.1, 0.15) is 0 Å². The molecule has 1 aliphatic carbocycles. The van der Waals surface area contributed by atoms with Crippen LogP contribution in [0.2, 0.25) is 0 Å². The standard InChI is InChI=1S/C13H25NO2/c1-14(9-11-5-7-16-8-6-11)10-12-3-2-4-13(12)15/h11-13,15H,2-10H2,1H3. The van der Waals surface area contributed by atoms with Gasteiger partial charge in [-0.2, -0.15) is 0 Å². The number of rotatable bonds is 4. The maximum absolute atomic E-state index is 9.80. The first kappa shape index (κ1) is 12.3. The SMILES string of the molecule is CN(CC1CCOCC1)CC1CCCC1O. The van der Waals surface area contributed by atoms with E-state index in [2.05, 4.69) is 11.9 Å². The van der Waals surface area contributed by atoms with Crippen LogP contribution in [0.1, 0.15) is 32.1 Å². The Morgan fingerprint density at radius 1 is 1.12 bits per heavy atom. The summed E-state index contributed by atoms with van der Waals surface area (Å²) in [6.07, 6.45) is 5.79. The summed E-state index contributed by atoms with van der Waals surface area (Å²) in [7, 11) is 2.19. The molecular formula is C13H25NO2. The van der Waals surface area contributed by atoms with E-state index in [9.17, 15) is 5.11 Å². The van der Waals surface area contributed by atoms with Crippen LogP contribution in [0.5, 0.6) is 0 Å². The fourth-order valence-electron chi connectivity index (χ4n) is 3.07. The highest BCUT2D eigenvalue weighted by atomic mass is 16.5. The molecule has 94 valence electrons. The van der Waals surface area contributed by atoms with E-state index in [0.29, 0.717) is 5.92 Å². The highest BCUT2D eigenvalue weighted by Gasteiger charge is 2.26. The van der Waals surface area contributed by atoms with Gasteiger partial charge in [0.2, 0.25) is 0 Å². The summed E-state index contributed by atoms with van der Waals surface area (Å²) < 4.78 is 5.37. The van der Waals surface area contributed by atoms with E-state index in [0.717, 1.165) is 32.1 Å². The Hall–Kier alpha value is -0.120. The molecule has 0 spiro atoms. The minimum absolute atomic E-state index is 0.0443. The van der Waals surface area contributed by atoms with Crippen LogP contribution >= 0.6 is 0 Å². The molecule has 1 saturated heterocycles. The van der Waals surface area contributed by atoms with Crippen molar-refractivity contribution in [3.8, 4) is 0 Å². The van der Waals surface area contributed by atoms with Gasteiger partial charge in [-0.25, -0.2) is 0 Å². The quantitative estimate of drug-likeness (QED) is 0.790. The molecule has 2 unspecified atom stereocenters. The molecule has 2 rings (SSSR count). The Balaban J connectivity index is 1.68. The molecule has 3 heteroatoms. The highest BCUT2D eigenvalue weighted by Crippen LogP contribution is 2.26. The second kappa shape index (κ2) is 5.99. The van der Waals surface area contributed by atoms with Gasteiger partial charge in [0.15, 0.2) is 0 Å². The van der Waals surface area contributed by atoms with Crippen molar-refractivity contribution in [3.63, 3.8) is 0 Å². The van der Waals surface area contributed by atoms with Crippen molar-refractivity contribution < 1.29 is 9.84 Å². The van der Waals surface area contributed by atoms with E-state index < -0.39 is 0 Å². The summed E-state index contributed by atoms with van der Waals surface area (Å²) in [5, 5.41) is 9.80. The van der Waals surface area contributed by atoms with Crippen LogP contribution < -0.4 is 0 Å². The average Bonchev–Trinajstić information content (AvgIpc) is 2.66. The maximum atomic E-state index is 9.80. The van der Waals surface area contributed by atoms with Gasteiger partial charge in [-0.1, -0.05) is 6.42 Å². The van der Waals surface area contributed by atoms with E-state index >= 15 is 0 Å². The normalized spacial score (nSPS) is 32.4.